The number of fused-ring (bicyclic) bond motifs is 1. The second-order valence-corrected chi connectivity index (χ2v) is 6.10. The van der Waals surface area contributed by atoms with E-state index in [2.05, 4.69) is 6.58 Å². The van der Waals surface area contributed by atoms with E-state index in [0.717, 1.165) is 30.5 Å². The van der Waals surface area contributed by atoms with Gasteiger partial charge in [0.05, 0.1) is 10.9 Å². The van der Waals surface area contributed by atoms with Gasteiger partial charge in [-0.3, -0.25) is 0 Å². The van der Waals surface area contributed by atoms with E-state index in [1.807, 2.05) is 18.2 Å². The minimum Gasteiger partial charge on any atom is -0.206 e. The summed E-state index contributed by atoms with van der Waals surface area (Å²) in [5.74, 6) is -3.46. The lowest BCUT2D eigenvalue weighted by molar-refractivity contribution is 0.428. The smallest absolute Gasteiger partial charge is 0.206 e. The first kappa shape index (κ1) is 18.8. The molecule has 0 fully saturated rings. The fraction of sp³-hybridized carbons (Fsp3) is 0.0909. The Labute approximate surface area is 153 Å². The summed E-state index contributed by atoms with van der Waals surface area (Å²) < 4.78 is 67.7. The first-order chi connectivity index (χ1) is 12.9. The zero-order chi connectivity index (χ0) is 19.6. The molecule has 0 saturated heterocycles. The van der Waals surface area contributed by atoms with Gasteiger partial charge in [-0.2, -0.15) is 8.78 Å². The summed E-state index contributed by atoms with van der Waals surface area (Å²) in [7, 11) is 0. The molecule has 0 atom stereocenters. The van der Waals surface area contributed by atoms with Crippen LogP contribution in [0, 0.1) is 17.5 Å². The van der Waals surface area contributed by atoms with Crippen molar-refractivity contribution < 1.29 is 22.0 Å². The lowest BCUT2D eigenvalue weighted by Crippen LogP contribution is -1.95. The molecule has 0 nitrogen and oxygen atoms in total. The van der Waals surface area contributed by atoms with Gasteiger partial charge in [-0.25, -0.2) is 13.2 Å². The van der Waals surface area contributed by atoms with Crippen LogP contribution in [0.3, 0.4) is 0 Å². The molecule has 0 amide bonds. The third-order valence-electron chi connectivity index (χ3n) is 4.29. The molecule has 0 bridgehead atoms. The minimum atomic E-state index is -2.26. The topological polar surface area (TPSA) is 0 Å². The summed E-state index contributed by atoms with van der Waals surface area (Å²) in [6, 6.07) is 10.8. The normalized spacial score (nSPS) is 10.9. The van der Waals surface area contributed by atoms with Crippen LogP contribution in [0.5, 0.6) is 0 Å². The predicted octanol–water partition coefficient (Wildman–Crippen LogP) is 7.28. The van der Waals surface area contributed by atoms with Crippen LogP contribution in [0.25, 0.3) is 28.0 Å². The molecule has 0 aliphatic heterocycles. The van der Waals surface area contributed by atoms with Crippen molar-refractivity contribution >= 4 is 16.8 Å². The van der Waals surface area contributed by atoms with Gasteiger partial charge in [0.1, 0.15) is 17.5 Å². The Balaban J connectivity index is 2.09. The molecule has 0 heterocycles. The third-order valence-corrected chi connectivity index (χ3v) is 4.29. The number of hydrogen-bond acceptors (Lipinski definition) is 0. The average molecular weight is 374 g/mol. The van der Waals surface area contributed by atoms with E-state index in [1.165, 1.54) is 6.07 Å². The molecule has 0 N–H and O–H groups in total. The molecule has 0 radical (unpaired) electrons. The Bertz CT molecular complexity index is 1030. The Morgan fingerprint density at radius 1 is 0.889 bits per heavy atom. The zero-order valence-corrected chi connectivity index (χ0v) is 14.2. The van der Waals surface area contributed by atoms with Crippen molar-refractivity contribution in [2.45, 2.75) is 12.8 Å². The number of benzene rings is 3. The minimum absolute atomic E-state index is 0.0350. The van der Waals surface area contributed by atoms with Gasteiger partial charge >= 0.3 is 0 Å². The van der Waals surface area contributed by atoms with Crippen LogP contribution < -0.4 is 0 Å². The summed E-state index contributed by atoms with van der Waals surface area (Å²) in [5.41, 5.74) is 1.24. The van der Waals surface area contributed by atoms with Crippen molar-refractivity contribution in [1.82, 2.24) is 0 Å². The maximum absolute atomic E-state index is 14.5. The standard InChI is InChI=1S/C22H15F5/c1-2-3-4-13-5-7-14(8-6-13)15-9-16-11-18(23)17(12-20(25)26)22(27)21(16)19(24)10-15/h2,5-12H,1,3-4H2. The quantitative estimate of drug-likeness (QED) is 0.325. The molecule has 27 heavy (non-hydrogen) atoms. The molecule has 0 unspecified atom stereocenters. The highest BCUT2D eigenvalue weighted by atomic mass is 19.3. The number of aryl methyl sites for hydroxylation is 1. The molecule has 0 spiro atoms. The van der Waals surface area contributed by atoms with E-state index in [4.69, 9.17) is 0 Å². The SMILES string of the molecule is C=CCCc1ccc(-c2cc(F)c3c(F)c(C=C(F)F)c(F)cc3c2)cc1. The summed E-state index contributed by atoms with van der Waals surface area (Å²) >= 11 is 0. The van der Waals surface area contributed by atoms with Crippen molar-refractivity contribution in [2.24, 2.45) is 0 Å². The van der Waals surface area contributed by atoms with Crippen LogP contribution in [0.15, 0.2) is 61.2 Å². The van der Waals surface area contributed by atoms with Crippen LogP contribution in [0.2, 0.25) is 0 Å². The fourth-order valence-electron chi connectivity index (χ4n) is 2.97. The first-order valence-electron chi connectivity index (χ1n) is 8.25. The lowest BCUT2D eigenvalue weighted by Gasteiger charge is -2.10. The monoisotopic (exact) mass is 374 g/mol. The fourth-order valence-corrected chi connectivity index (χ4v) is 2.97. The number of allylic oxidation sites excluding steroid dienone is 1. The maximum Gasteiger partial charge on any atom is 0.271 e. The van der Waals surface area contributed by atoms with Crippen molar-refractivity contribution in [3.8, 4) is 11.1 Å². The molecule has 0 saturated carbocycles. The highest BCUT2D eigenvalue weighted by Gasteiger charge is 2.17. The second kappa shape index (κ2) is 7.74. The van der Waals surface area contributed by atoms with E-state index in [9.17, 15) is 22.0 Å². The molecule has 0 aliphatic carbocycles. The van der Waals surface area contributed by atoms with Crippen LogP contribution in [-0.2, 0) is 6.42 Å². The zero-order valence-electron chi connectivity index (χ0n) is 14.2. The van der Waals surface area contributed by atoms with Crippen molar-refractivity contribution in [2.75, 3.05) is 0 Å². The first-order valence-corrected chi connectivity index (χ1v) is 8.25. The van der Waals surface area contributed by atoms with E-state index in [1.54, 1.807) is 12.1 Å². The summed E-state index contributed by atoms with van der Waals surface area (Å²) in [6.07, 6.45) is 1.26. The van der Waals surface area contributed by atoms with E-state index < -0.39 is 34.5 Å². The number of halogens is 5. The van der Waals surface area contributed by atoms with Crippen molar-refractivity contribution in [3.63, 3.8) is 0 Å². The molecule has 5 heteroatoms. The van der Waals surface area contributed by atoms with E-state index >= 15 is 0 Å². The van der Waals surface area contributed by atoms with Crippen LogP contribution >= 0.6 is 0 Å². The van der Waals surface area contributed by atoms with Crippen LogP contribution in [-0.4, -0.2) is 0 Å². The van der Waals surface area contributed by atoms with Gasteiger partial charge in [0.2, 0.25) is 0 Å². The summed E-state index contributed by atoms with van der Waals surface area (Å²) in [4.78, 5) is 0. The molecule has 138 valence electrons. The highest BCUT2D eigenvalue weighted by Crippen LogP contribution is 2.32. The molecule has 0 aromatic heterocycles. The Hall–Kier alpha value is -2.95. The summed E-state index contributed by atoms with van der Waals surface area (Å²) in [5, 5.41) is -0.553. The van der Waals surface area contributed by atoms with E-state index in [-0.39, 0.29) is 11.5 Å². The lowest BCUT2D eigenvalue weighted by atomic mass is 9.97. The number of rotatable bonds is 5. The molecular formula is C22H15F5. The van der Waals surface area contributed by atoms with Crippen molar-refractivity contribution in [3.05, 3.63) is 89.8 Å². The molecular weight excluding hydrogens is 359 g/mol. The second-order valence-electron chi connectivity index (χ2n) is 6.10. The predicted molar refractivity (Wildman–Crippen MR) is 98.0 cm³/mol. The third kappa shape index (κ3) is 3.92. The highest BCUT2D eigenvalue weighted by molar-refractivity contribution is 5.90. The van der Waals surface area contributed by atoms with Gasteiger partial charge in [0.15, 0.2) is 0 Å². The van der Waals surface area contributed by atoms with Gasteiger partial charge in [-0.1, -0.05) is 30.3 Å². The Morgan fingerprint density at radius 3 is 2.22 bits per heavy atom. The van der Waals surface area contributed by atoms with Crippen LogP contribution in [0.1, 0.15) is 17.5 Å². The van der Waals surface area contributed by atoms with Gasteiger partial charge in [0, 0.05) is 6.08 Å². The van der Waals surface area contributed by atoms with E-state index in [0.29, 0.717) is 11.1 Å². The van der Waals surface area contributed by atoms with Gasteiger partial charge in [-0.15, -0.1) is 6.58 Å². The largest absolute Gasteiger partial charge is 0.271 e. The molecule has 3 aromatic carbocycles. The maximum atomic E-state index is 14.5. The molecule has 3 aromatic rings. The summed E-state index contributed by atoms with van der Waals surface area (Å²) in [6.45, 7) is 3.67. The van der Waals surface area contributed by atoms with Gasteiger partial charge in [-0.05, 0) is 53.1 Å². The Kier molecular flexibility index (Phi) is 5.40. The van der Waals surface area contributed by atoms with Crippen molar-refractivity contribution in [1.29, 1.82) is 0 Å². The molecule has 0 aliphatic rings. The van der Waals surface area contributed by atoms with Crippen LogP contribution in [0.4, 0.5) is 22.0 Å². The van der Waals surface area contributed by atoms with Gasteiger partial charge in [0.25, 0.3) is 6.08 Å². The molecule has 3 rings (SSSR count). The number of hydrogen-bond donors (Lipinski definition) is 0. The Morgan fingerprint density at radius 2 is 1.59 bits per heavy atom. The average Bonchev–Trinajstić information content (AvgIpc) is 2.63. The van der Waals surface area contributed by atoms with Gasteiger partial charge < -0.3 is 0 Å².